The van der Waals surface area contributed by atoms with E-state index in [1.807, 2.05) is 17.9 Å². The number of carbonyl (C=O) groups is 1. The number of methoxy groups -OCH3 is 1. The van der Waals surface area contributed by atoms with Crippen molar-refractivity contribution in [2.24, 2.45) is 5.41 Å². The van der Waals surface area contributed by atoms with Gasteiger partial charge in [-0.25, -0.2) is 4.39 Å². The fourth-order valence-electron chi connectivity index (χ4n) is 4.55. The van der Waals surface area contributed by atoms with E-state index < -0.39 is 0 Å². The molecule has 0 aliphatic carbocycles. The molecule has 26 heavy (non-hydrogen) atoms. The lowest BCUT2D eigenvalue weighted by molar-refractivity contribution is -0.139. The topological polar surface area (TPSA) is 32.8 Å². The predicted molar refractivity (Wildman–Crippen MR) is 100 cm³/mol. The fourth-order valence-corrected chi connectivity index (χ4v) is 4.55. The summed E-state index contributed by atoms with van der Waals surface area (Å²) in [4.78, 5) is 16.8. The molecule has 0 N–H and O–H groups in total. The molecular weight excluding hydrogens is 331 g/mol. The predicted octanol–water partition coefficient (Wildman–Crippen LogP) is 3.38. The van der Waals surface area contributed by atoms with Crippen LogP contribution in [0.3, 0.4) is 0 Å². The van der Waals surface area contributed by atoms with Gasteiger partial charge in [0.2, 0.25) is 5.91 Å². The van der Waals surface area contributed by atoms with E-state index in [2.05, 4.69) is 4.90 Å². The molecule has 1 aromatic rings. The average Bonchev–Trinajstić information content (AvgIpc) is 2.63. The summed E-state index contributed by atoms with van der Waals surface area (Å²) in [5, 5.41) is 0. The molecule has 3 rings (SSSR count). The molecule has 0 saturated carbocycles. The molecule has 2 fully saturated rings. The van der Waals surface area contributed by atoms with Crippen LogP contribution in [0.5, 0.6) is 0 Å². The zero-order valence-corrected chi connectivity index (χ0v) is 16.1. The Balaban J connectivity index is 1.65. The summed E-state index contributed by atoms with van der Waals surface area (Å²) in [6, 6.07) is 5.36. The van der Waals surface area contributed by atoms with Gasteiger partial charge in [0.05, 0.1) is 0 Å². The zero-order chi connectivity index (χ0) is 18.6. The van der Waals surface area contributed by atoms with Crippen LogP contribution in [0.4, 0.5) is 4.39 Å². The number of ether oxygens (including phenoxy) is 1. The minimum absolute atomic E-state index is 0.123. The number of rotatable bonds is 6. The number of halogens is 1. The number of hydrogen-bond acceptors (Lipinski definition) is 3. The van der Waals surface area contributed by atoms with Gasteiger partial charge in [0.25, 0.3) is 0 Å². The normalized spacial score (nSPS) is 24.4. The van der Waals surface area contributed by atoms with E-state index in [9.17, 15) is 9.18 Å². The molecule has 0 aromatic heterocycles. The van der Waals surface area contributed by atoms with Crippen LogP contribution in [0.2, 0.25) is 0 Å². The second-order valence-corrected chi connectivity index (χ2v) is 8.00. The van der Waals surface area contributed by atoms with Gasteiger partial charge in [0.1, 0.15) is 5.82 Å². The summed E-state index contributed by atoms with van der Waals surface area (Å²) in [7, 11) is 1.70. The van der Waals surface area contributed by atoms with Crippen LogP contribution < -0.4 is 0 Å². The molecule has 2 heterocycles. The van der Waals surface area contributed by atoms with Gasteiger partial charge in [-0.05, 0) is 56.3 Å². The molecule has 2 saturated heterocycles. The number of likely N-dealkylation sites (tertiary alicyclic amines) is 2. The van der Waals surface area contributed by atoms with Crippen molar-refractivity contribution in [3.63, 3.8) is 0 Å². The van der Waals surface area contributed by atoms with Crippen molar-refractivity contribution in [1.82, 2.24) is 9.80 Å². The Morgan fingerprint density at radius 2 is 2.12 bits per heavy atom. The van der Waals surface area contributed by atoms with Gasteiger partial charge in [-0.1, -0.05) is 12.1 Å². The molecule has 144 valence electrons. The van der Waals surface area contributed by atoms with E-state index in [0.29, 0.717) is 13.0 Å². The van der Waals surface area contributed by atoms with Crippen LogP contribution in [0.25, 0.3) is 0 Å². The monoisotopic (exact) mass is 362 g/mol. The molecule has 2 aliphatic rings. The van der Waals surface area contributed by atoms with Gasteiger partial charge < -0.3 is 9.64 Å². The summed E-state index contributed by atoms with van der Waals surface area (Å²) in [5.41, 5.74) is 2.03. The van der Waals surface area contributed by atoms with Crippen LogP contribution in [0.1, 0.15) is 43.2 Å². The standard InChI is InChI=1S/C21H31FN2O2/c1-17-18(6-3-7-19(17)22)14-23-11-4-9-21(15-23)10-8-20(25)24(16-21)12-5-13-26-2/h3,6-7H,4-5,8-16H2,1-2H3. The average molecular weight is 362 g/mol. The quantitative estimate of drug-likeness (QED) is 0.728. The molecule has 2 aliphatic heterocycles. The maximum Gasteiger partial charge on any atom is 0.222 e. The van der Waals surface area contributed by atoms with Crippen molar-refractivity contribution in [2.45, 2.75) is 45.6 Å². The Morgan fingerprint density at radius 1 is 1.27 bits per heavy atom. The van der Waals surface area contributed by atoms with Crippen molar-refractivity contribution >= 4 is 5.91 Å². The van der Waals surface area contributed by atoms with E-state index in [0.717, 1.165) is 63.1 Å². The lowest BCUT2D eigenvalue weighted by Crippen LogP contribution is -2.54. The lowest BCUT2D eigenvalue weighted by Gasteiger charge is -2.48. The second kappa shape index (κ2) is 8.49. The first-order chi connectivity index (χ1) is 12.5. The molecular formula is C21H31FN2O2. The molecule has 1 amide bonds. The van der Waals surface area contributed by atoms with Crippen molar-refractivity contribution in [3.05, 3.63) is 35.1 Å². The summed E-state index contributed by atoms with van der Waals surface area (Å²) in [5.74, 6) is 0.159. The van der Waals surface area contributed by atoms with Crippen LogP contribution in [-0.2, 0) is 16.1 Å². The van der Waals surface area contributed by atoms with Crippen LogP contribution in [-0.4, -0.2) is 55.6 Å². The summed E-state index contributed by atoms with van der Waals surface area (Å²) >= 11 is 0. The first kappa shape index (κ1) is 19.3. The highest BCUT2D eigenvalue weighted by atomic mass is 19.1. The van der Waals surface area contributed by atoms with Gasteiger partial charge in [-0.3, -0.25) is 9.69 Å². The van der Waals surface area contributed by atoms with Gasteiger partial charge in [-0.2, -0.15) is 0 Å². The molecule has 1 spiro atoms. The Bertz CT molecular complexity index is 636. The van der Waals surface area contributed by atoms with Gasteiger partial charge in [0.15, 0.2) is 0 Å². The van der Waals surface area contributed by atoms with Gasteiger partial charge in [-0.15, -0.1) is 0 Å². The third-order valence-corrected chi connectivity index (χ3v) is 6.04. The minimum Gasteiger partial charge on any atom is -0.385 e. The highest BCUT2D eigenvalue weighted by Gasteiger charge is 2.41. The molecule has 4 nitrogen and oxygen atoms in total. The molecule has 1 aromatic carbocycles. The number of amides is 1. The summed E-state index contributed by atoms with van der Waals surface area (Å²) < 4.78 is 19.0. The zero-order valence-electron chi connectivity index (χ0n) is 16.1. The maximum atomic E-state index is 13.9. The van der Waals surface area contributed by atoms with E-state index >= 15 is 0 Å². The highest BCUT2D eigenvalue weighted by Crippen LogP contribution is 2.39. The van der Waals surface area contributed by atoms with Gasteiger partial charge >= 0.3 is 0 Å². The number of nitrogens with zero attached hydrogens (tertiary/aromatic N) is 2. The van der Waals surface area contributed by atoms with Crippen molar-refractivity contribution < 1.29 is 13.9 Å². The summed E-state index contributed by atoms with van der Waals surface area (Å²) in [6.45, 7) is 7.05. The lowest BCUT2D eigenvalue weighted by atomic mass is 9.73. The Labute approximate surface area is 156 Å². The number of piperidine rings is 2. The van der Waals surface area contributed by atoms with Gasteiger partial charge in [0, 0.05) is 51.7 Å². The van der Waals surface area contributed by atoms with E-state index in [4.69, 9.17) is 4.74 Å². The smallest absolute Gasteiger partial charge is 0.222 e. The van der Waals surface area contributed by atoms with E-state index in [-0.39, 0.29) is 17.1 Å². The third kappa shape index (κ3) is 4.44. The minimum atomic E-state index is -0.123. The van der Waals surface area contributed by atoms with Crippen LogP contribution in [0, 0.1) is 18.2 Å². The Kier molecular flexibility index (Phi) is 6.30. The van der Waals surface area contributed by atoms with Crippen LogP contribution in [0.15, 0.2) is 18.2 Å². The van der Waals surface area contributed by atoms with Crippen molar-refractivity contribution in [3.8, 4) is 0 Å². The summed E-state index contributed by atoms with van der Waals surface area (Å²) in [6.07, 6.45) is 4.85. The van der Waals surface area contributed by atoms with Crippen molar-refractivity contribution in [2.75, 3.05) is 39.9 Å². The van der Waals surface area contributed by atoms with E-state index in [1.54, 1.807) is 13.2 Å². The maximum absolute atomic E-state index is 13.9. The number of benzene rings is 1. The molecule has 1 atom stereocenters. The Morgan fingerprint density at radius 3 is 2.92 bits per heavy atom. The van der Waals surface area contributed by atoms with Crippen LogP contribution >= 0.6 is 0 Å². The first-order valence-corrected chi connectivity index (χ1v) is 9.76. The number of hydrogen-bond donors (Lipinski definition) is 0. The third-order valence-electron chi connectivity index (χ3n) is 6.04. The first-order valence-electron chi connectivity index (χ1n) is 9.76. The van der Waals surface area contributed by atoms with Crippen molar-refractivity contribution in [1.29, 1.82) is 0 Å². The molecule has 1 unspecified atom stereocenters. The largest absolute Gasteiger partial charge is 0.385 e. The molecule has 0 radical (unpaired) electrons. The molecule has 5 heteroatoms. The fraction of sp³-hybridized carbons (Fsp3) is 0.667. The Hall–Kier alpha value is -1.46. The van der Waals surface area contributed by atoms with E-state index in [1.165, 1.54) is 12.5 Å². The number of carbonyl (C=O) groups excluding carboxylic acids is 1. The SMILES string of the molecule is COCCCN1CC2(CCCN(Cc3cccc(F)c3C)C2)CCC1=O. The molecule has 0 bridgehead atoms. The second-order valence-electron chi connectivity index (χ2n) is 8.00. The highest BCUT2D eigenvalue weighted by molar-refractivity contribution is 5.77.